The molecule has 0 radical (unpaired) electrons. The molecule has 0 bridgehead atoms. The zero-order valence-electron chi connectivity index (χ0n) is 13.9. The Kier molecular flexibility index (Phi) is 3.91. The Hall–Kier alpha value is -1.72. The van der Waals surface area contributed by atoms with E-state index in [-0.39, 0.29) is 6.04 Å². The van der Waals surface area contributed by atoms with E-state index >= 15 is 0 Å². The molecule has 2 heterocycles. The minimum absolute atomic E-state index is 0.221. The Morgan fingerprint density at radius 1 is 1.22 bits per heavy atom. The number of hydrogen-bond acceptors (Lipinski definition) is 5. The summed E-state index contributed by atoms with van der Waals surface area (Å²) in [5, 5.41) is 3.95. The summed E-state index contributed by atoms with van der Waals surface area (Å²) in [6.07, 6.45) is 1.32. The third kappa shape index (κ3) is 3.16. The fourth-order valence-electron chi connectivity index (χ4n) is 3.70. The van der Waals surface area contributed by atoms with Gasteiger partial charge in [-0.05, 0) is 37.8 Å². The molecule has 1 aliphatic heterocycles. The highest BCUT2D eigenvalue weighted by Crippen LogP contribution is 2.48. The number of aromatic nitrogens is 2. The summed E-state index contributed by atoms with van der Waals surface area (Å²) in [4.78, 5) is 9.32. The molecule has 0 spiro atoms. The molecular weight excluding hydrogens is 288 g/mol. The van der Waals surface area contributed by atoms with Crippen LogP contribution in [0.5, 0.6) is 0 Å². The summed E-state index contributed by atoms with van der Waals surface area (Å²) < 4.78 is 5.40. The summed E-state index contributed by atoms with van der Waals surface area (Å²) in [6, 6.07) is 11.1. The van der Waals surface area contributed by atoms with Crippen LogP contribution in [-0.4, -0.2) is 53.2 Å². The molecule has 1 aliphatic carbocycles. The first kappa shape index (κ1) is 14.8. The molecule has 1 unspecified atom stereocenters. The molecule has 0 N–H and O–H groups in total. The van der Waals surface area contributed by atoms with Gasteiger partial charge in [-0.1, -0.05) is 35.5 Å². The van der Waals surface area contributed by atoms with Crippen LogP contribution < -0.4 is 0 Å². The van der Waals surface area contributed by atoms with E-state index in [9.17, 15) is 0 Å². The first-order valence-electron chi connectivity index (χ1n) is 8.48. The maximum absolute atomic E-state index is 5.40. The quantitative estimate of drug-likeness (QED) is 0.868. The maximum Gasteiger partial charge on any atom is 0.245 e. The van der Waals surface area contributed by atoms with Gasteiger partial charge in [0.05, 0.1) is 0 Å². The monoisotopic (exact) mass is 312 g/mol. The Morgan fingerprint density at radius 2 is 2.04 bits per heavy atom. The highest BCUT2D eigenvalue weighted by Gasteiger charge is 2.40. The van der Waals surface area contributed by atoms with Crippen LogP contribution in [0.15, 0.2) is 34.9 Å². The van der Waals surface area contributed by atoms with Crippen molar-refractivity contribution in [3.63, 3.8) is 0 Å². The first-order valence-corrected chi connectivity index (χ1v) is 8.48. The van der Waals surface area contributed by atoms with Crippen LogP contribution in [0.2, 0.25) is 0 Å². The van der Waals surface area contributed by atoms with Crippen molar-refractivity contribution >= 4 is 0 Å². The lowest BCUT2D eigenvalue weighted by Crippen LogP contribution is -2.47. The molecule has 5 nitrogen and oxygen atoms in total. The molecular formula is C18H24N4O. The SMILES string of the molecule is Cc1noc(C2CN(C[C@@H]3C[C@H]3c3ccccc3)CCN2C)n1. The minimum Gasteiger partial charge on any atom is -0.338 e. The van der Waals surface area contributed by atoms with Gasteiger partial charge in [-0.25, -0.2) is 0 Å². The lowest BCUT2D eigenvalue weighted by Gasteiger charge is -2.37. The van der Waals surface area contributed by atoms with Gasteiger partial charge < -0.3 is 4.52 Å². The zero-order chi connectivity index (χ0) is 15.8. The second kappa shape index (κ2) is 6.06. The normalized spacial score (nSPS) is 28.9. The summed E-state index contributed by atoms with van der Waals surface area (Å²) in [5.74, 6) is 3.02. The second-order valence-electron chi connectivity index (χ2n) is 6.95. The molecule has 1 aromatic heterocycles. The average molecular weight is 312 g/mol. The molecule has 2 aliphatic rings. The molecule has 1 saturated heterocycles. The van der Waals surface area contributed by atoms with Gasteiger partial charge in [0.2, 0.25) is 5.89 Å². The summed E-state index contributed by atoms with van der Waals surface area (Å²) >= 11 is 0. The van der Waals surface area contributed by atoms with Crippen LogP contribution >= 0.6 is 0 Å². The molecule has 0 amide bonds. The van der Waals surface area contributed by atoms with E-state index in [1.165, 1.54) is 18.5 Å². The van der Waals surface area contributed by atoms with E-state index in [2.05, 4.69) is 57.3 Å². The number of hydrogen-bond donors (Lipinski definition) is 0. The van der Waals surface area contributed by atoms with Gasteiger partial charge in [0.25, 0.3) is 0 Å². The third-order valence-electron chi connectivity index (χ3n) is 5.20. The van der Waals surface area contributed by atoms with Crippen molar-refractivity contribution in [2.75, 3.05) is 33.2 Å². The van der Waals surface area contributed by atoms with Crippen LogP contribution in [0.1, 0.15) is 35.7 Å². The van der Waals surface area contributed by atoms with Crippen molar-refractivity contribution in [1.82, 2.24) is 19.9 Å². The molecule has 5 heteroatoms. The van der Waals surface area contributed by atoms with Gasteiger partial charge in [-0.2, -0.15) is 4.98 Å². The average Bonchev–Trinajstić information content (AvgIpc) is 3.20. The predicted molar refractivity (Wildman–Crippen MR) is 88.1 cm³/mol. The first-order chi connectivity index (χ1) is 11.2. The molecule has 3 atom stereocenters. The van der Waals surface area contributed by atoms with Crippen molar-refractivity contribution in [2.45, 2.75) is 25.3 Å². The topological polar surface area (TPSA) is 45.4 Å². The van der Waals surface area contributed by atoms with Crippen molar-refractivity contribution < 1.29 is 4.52 Å². The summed E-state index contributed by atoms with van der Waals surface area (Å²) in [6.45, 7) is 6.21. The van der Waals surface area contributed by atoms with Crippen LogP contribution in [0.3, 0.4) is 0 Å². The van der Waals surface area contributed by atoms with E-state index in [0.717, 1.165) is 43.2 Å². The Bertz CT molecular complexity index is 656. The highest BCUT2D eigenvalue weighted by atomic mass is 16.5. The predicted octanol–water partition coefficient (Wildman–Crippen LogP) is 2.47. The van der Waals surface area contributed by atoms with E-state index < -0.39 is 0 Å². The van der Waals surface area contributed by atoms with Crippen molar-refractivity contribution in [2.24, 2.45) is 5.92 Å². The smallest absolute Gasteiger partial charge is 0.245 e. The summed E-state index contributed by atoms with van der Waals surface area (Å²) in [7, 11) is 2.14. The molecule has 1 saturated carbocycles. The molecule has 122 valence electrons. The fourth-order valence-corrected chi connectivity index (χ4v) is 3.70. The Labute approximate surface area is 137 Å². The molecule has 2 aromatic rings. The van der Waals surface area contributed by atoms with Crippen molar-refractivity contribution in [3.05, 3.63) is 47.6 Å². The number of rotatable bonds is 4. The number of aryl methyl sites for hydroxylation is 1. The van der Waals surface area contributed by atoms with Crippen LogP contribution in [0, 0.1) is 12.8 Å². The molecule has 1 aromatic carbocycles. The number of piperazine rings is 1. The van der Waals surface area contributed by atoms with Crippen LogP contribution in [-0.2, 0) is 0 Å². The second-order valence-corrected chi connectivity index (χ2v) is 6.95. The van der Waals surface area contributed by atoms with Gasteiger partial charge in [0.1, 0.15) is 6.04 Å². The molecule has 4 rings (SSSR count). The minimum atomic E-state index is 0.221. The standard InChI is InChI=1S/C18H24N4O/c1-13-19-18(23-20-13)17-12-22(9-8-21(17)2)11-15-10-16(15)14-6-4-3-5-7-14/h3-7,15-17H,8-12H2,1-2H3/t15-,16-,17?/m0/s1. The third-order valence-corrected chi connectivity index (χ3v) is 5.20. The van der Waals surface area contributed by atoms with Gasteiger partial charge >= 0.3 is 0 Å². The zero-order valence-corrected chi connectivity index (χ0v) is 13.9. The van der Waals surface area contributed by atoms with Gasteiger partial charge in [0.15, 0.2) is 5.82 Å². The molecule has 23 heavy (non-hydrogen) atoms. The lowest BCUT2D eigenvalue weighted by atomic mass is 10.1. The maximum atomic E-state index is 5.40. The number of likely N-dealkylation sites (N-methyl/N-ethyl adjacent to an activating group) is 1. The fraction of sp³-hybridized carbons (Fsp3) is 0.556. The Morgan fingerprint density at radius 3 is 2.78 bits per heavy atom. The Balaban J connectivity index is 1.37. The van der Waals surface area contributed by atoms with E-state index in [1.54, 1.807) is 0 Å². The summed E-state index contributed by atoms with van der Waals surface area (Å²) in [5.41, 5.74) is 1.50. The lowest BCUT2D eigenvalue weighted by molar-refractivity contribution is 0.0728. The van der Waals surface area contributed by atoms with Crippen LogP contribution in [0.25, 0.3) is 0 Å². The van der Waals surface area contributed by atoms with E-state index in [4.69, 9.17) is 4.52 Å². The van der Waals surface area contributed by atoms with Gasteiger partial charge in [-0.15, -0.1) is 0 Å². The van der Waals surface area contributed by atoms with Crippen molar-refractivity contribution in [1.29, 1.82) is 0 Å². The van der Waals surface area contributed by atoms with E-state index in [0.29, 0.717) is 0 Å². The molecule has 2 fully saturated rings. The highest BCUT2D eigenvalue weighted by molar-refractivity contribution is 5.25. The van der Waals surface area contributed by atoms with Crippen molar-refractivity contribution in [3.8, 4) is 0 Å². The van der Waals surface area contributed by atoms with Gasteiger partial charge in [0, 0.05) is 26.2 Å². The van der Waals surface area contributed by atoms with E-state index in [1.807, 2.05) is 6.92 Å². The van der Waals surface area contributed by atoms with Crippen LogP contribution in [0.4, 0.5) is 0 Å². The van der Waals surface area contributed by atoms with Gasteiger partial charge in [-0.3, -0.25) is 9.80 Å². The number of benzene rings is 1. The number of nitrogens with zero attached hydrogens (tertiary/aromatic N) is 4. The largest absolute Gasteiger partial charge is 0.338 e.